The SMILES string of the molecule is CC(O)[C@H](O)c1ccccc1.C[C@@H](O)C(O)c1ccccc1. The summed E-state index contributed by atoms with van der Waals surface area (Å²) in [6.07, 6.45) is -2.96. The molecule has 0 heterocycles. The van der Waals surface area contributed by atoms with Crippen LogP contribution < -0.4 is 0 Å². The lowest BCUT2D eigenvalue weighted by Crippen LogP contribution is -2.13. The molecule has 4 atom stereocenters. The Bertz CT molecular complexity index is 462. The van der Waals surface area contributed by atoms with Gasteiger partial charge in [-0.25, -0.2) is 0 Å². The van der Waals surface area contributed by atoms with Crippen LogP contribution >= 0.6 is 0 Å². The van der Waals surface area contributed by atoms with E-state index >= 15 is 0 Å². The fraction of sp³-hybridized carbons (Fsp3) is 0.333. The van der Waals surface area contributed by atoms with E-state index in [-0.39, 0.29) is 0 Å². The van der Waals surface area contributed by atoms with Crippen LogP contribution in [-0.2, 0) is 0 Å². The Morgan fingerprint density at radius 2 is 0.818 bits per heavy atom. The molecule has 0 fully saturated rings. The Morgan fingerprint density at radius 1 is 0.545 bits per heavy atom. The highest BCUT2D eigenvalue weighted by atomic mass is 16.3. The maximum Gasteiger partial charge on any atom is 0.105 e. The Balaban J connectivity index is 0.000000220. The first-order valence-electron chi connectivity index (χ1n) is 7.25. The van der Waals surface area contributed by atoms with Gasteiger partial charge in [0.1, 0.15) is 12.2 Å². The van der Waals surface area contributed by atoms with Crippen molar-refractivity contribution < 1.29 is 20.4 Å². The molecule has 4 heteroatoms. The van der Waals surface area contributed by atoms with Crippen LogP contribution in [0.3, 0.4) is 0 Å². The van der Waals surface area contributed by atoms with Gasteiger partial charge in [-0.3, -0.25) is 0 Å². The molecule has 2 aromatic carbocycles. The largest absolute Gasteiger partial charge is 0.390 e. The van der Waals surface area contributed by atoms with Gasteiger partial charge >= 0.3 is 0 Å². The summed E-state index contributed by atoms with van der Waals surface area (Å²) in [6, 6.07) is 18.2. The summed E-state index contributed by atoms with van der Waals surface area (Å²) in [5, 5.41) is 36.7. The smallest absolute Gasteiger partial charge is 0.105 e. The number of hydrogen-bond donors (Lipinski definition) is 4. The molecule has 0 aliphatic carbocycles. The zero-order chi connectivity index (χ0) is 16.5. The van der Waals surface area contributed by atoms with Crippen molar-refractivity contribution in [1.29, 1.82) is 0 Å². The monoisotopic (exact) mass is 304 g/mol. The molecule has 2 unspecified atom stereocenters. The predicted molar refractivity (Wildman–Crippen MR) is 86.2 cm³/mol. The molecule has 0 aromatic heterocycles. The van der Waals surface area contributed by atoms with Gasteiger partial charge in [0.15, 0.2) is 0 Å². The molecule has 0 aliphatic heterocycles. The Hall–Kier alpha value is -1.72. The second kappa shape index (κ2) is 9.33. The van der Waals surface area contributed by atoms with Gasteiger partial charge in [0.25, 0.3) is 0 Å². The summed E-state index contributed by atoms with van der Waals surface area (Å²) in [5.74, 6) is 0. The van der Waals surface area contributed by atoms with E-state index in [0.717, 1.165) is 11.1 Å². The molecule has 120 valence electrons. The molecule has 0 radical (unpaired) electrons. The second-order valence-electron chi connectivity index (χ2n) is 5.19. The van der Waals surface area contributed by atoms with Gasteiger partial charge < -0.3 is 20.4 Å². The molecule has 4 N–H and O–H groups in total. The standard InChI is InChI=1S/2C9H12O2/c2*1-7(10)9(11)8-5-3-2-4-6-8/h2*2-7,9-11H,1H3/t7?,9-;7-,9?/m01/s1. The summed E-state index contributed by atoms with van der Waals surface area (Å²) in [5.41, 5.74) is 1.50. The van der Waals surface area contributed by atoms with E-state index < -0.39 is 24.4 Å². The van der Waals surface area contributed by atoms with Gasteiger partial charge in [-0.2, -0.15) is 0 Å². The minimum absolute atomic E-state index is 0.711. The third-order valence-corrected chi connectivity index (χ3v) is 3.20. The first kappa shape index (κ1) is 18.3. The van der Waals surface area contributed by atoms with E-state index in [1.165, 1.54) is 0 Å². The molecule has 0 aliphatic rings. The van der Waals surface area contributed by atoms with Crippen LogP contribution in [0, 0.1) is 0 Å². The van der Waals surface area contributed by atoms with Gasteiger partial charge in [-0.05, 0) is 25.0 Å². The summed E-state index contributed by atoms with van der Waals surface area (Å²) < 4.78 is 0. The van der Waals surface area contributed by atoms with E-state index in [0.29, 0.717) is 0 Å². The van der Waals surface area contributed by atoms with Crippen LogP contribution in [0.1, 0.15) is 37.2 Å². The van der Waals surface area contributed by atoms with Crippen LogP contribution in [0.4, 0.5) is 0 Å². The first-order valence-corrected chi connectivity index (χ1v) is 7.25. The average Bonchev–Trinajstić information content (AvgIpc) is 2.55. The number of aliphatic hydroxyl groups excluding tert-OH is 4. The van der Waals surface area contributed by atoms with Crippen molar-refractivity contribution in [2.24, 2.45) is 0 Å². The van der Waals surface area contributed by atoms with Crippen molar-refractivity contribution in [1.82, 2.24) is 0 Å². The quantitative estimate of drug-likeness (QED) is 0.698. The van der Waals surface area contributed by atoms with E-state index in [1.54, 1.807) is 38.1 Å². The predicted octanol–water partition coefficient (Wildman–Crippen LogP) is 2.20. The molecule has 2 aromatic rings. The normalized spacial score (nSPS) is 15.9. The molecule has 0 spiro atoms. The minimum Gasteiger partial charge on any atom is -0.390 e. The van der Waals surface area contributed by atoms with Gasteiger partial charge in [0, 0.05) is 0 Å². The summed E-state index contributed by atoms with van der Waals surface area (Å²) in [7, 11) is 0. The maximum absolute atomic E-state index is 9.35. The lowest BCUT2D eigenvalue weighted by atomic mass is 10.1. The molecule has 0 saturated heterocycles. The van der Waals surface area contributed by atoms with Crippen LogP contribution in [0.5, 0.6) is 0 Å². The number of aliphatic hydroxyl groups is 4. The van der Waals surface area contributed by atoms with Gasteiger partial charge in [-0.1, -0.05) is 60.7 Å². The van der Waals surface area contributed by atoms with Crippen molar-refractivity contribution in [3.05, 3.63) is 71.8 Å². The highest BCUT2D eigenvalue weighted by Crippen LogP contribution is 2.15. The number of hydrogen-bond acceptors (Lipinski definition) is 4. The molecular weight excluding hydrogens is 280 g/mol. The van der Waals surface area contributed by atoms with Crippen LogP contribution in [0.15, 0.2) is 60.7 Å². The van der Waals surface area contributed by atoms with Crippen molar-refractivity contribution >= 4 is 0 Å². The molecule has 22 heavy (non-hydrogen) atoms. The second-order valence-corrected chi connectivity index (χ2v) is 5.19. The number of rotatable bonds is 4. The third-order valence-electron chi connectivity index (χ3n) is 3.20. The van der Waals surface area contributed by atoms with Crippen molar-refractivity contribution in [2.75, 3.05) is 0 Å². The van der Waals surface area contributed by atoms with Gasteiger partial charge in [0.05, 0.1) is 12.2 Å². The molecular formula is C18H24O4. The topological polar surface area (TPSA) is 80.9 Å². The van der Waals surface area contributed by atoms with E-state index in [2.05, 4.69) is 0 Å². The fourth-order valence-electron chi connectivity index (χ4n) is 1.86. The zero-order valence-electron chi connectivity index (χ0n) is 12.9. The zero-order valence-corrected chi connectivity index (χ0v) is 12.9. The summed E-state index contributed by atoms with van der Waals surface area (Å²) >= 11 is 0. The summed E-state index contributed by atoms with van der Waals surface area (Å²) in [6.45, 7) is 3.13. The molecule has 2 rings (SSSR count). The van der Waals surface area contributed by atoms with Gasteiger partial charge in [-0.15, -0.1) is 0 Å². The van der Waals surface area contributed by atoms with Crippen LogP contribution in [0.25, 0.3) is 0 Å². The minimum atomic E-state index is -0.767. The van der Waals surface area contributed by atoms with Crippen LogP contribution in [0.2, 0.25) is 0 Å². The molecule has 0 saturated carbocycles. The molecule has 0 amide bonds. The highest BCUT2D eigenvalue weighted by Gasteiger charge is 2.12. The molecule has 0 bridgehead atoms. The lowest BCUT2D eigenvalue weighted by molar-refractivity contribution is 0.0305. The van der Waals surface area contributed by atoms with E-state index in [9.17, 15) is 10.2 Å². The maximum atomic E-state index is 9.35. The van der Waals surface area contributed by atoms with Crippen LogP contribution in [-0.4, -0.2) is 32.6 Å². The van der Waals surface area contributed by atoms with E-state index in [1.807, 2.05) is 36.4 Å². The van der Waals surface area contributed by atoms with Crippen molar-refractivity contribution in [2.45, 2.75) is 38.3 Å². The Kier molecular flexibility index (Phi) is 7.77. The Labute approximate surface area is 131 Å². The summed E-state index contributed by atoms with van der Waals surface area (Å²) in [4.78, 5) is 0. The number of benzene rings is 2. The van der Waals surface area contributed by atoms with E-state index in [4.69, 9.17) is 10.2 Å². The van der Waals surface area contributed by atoms with Gasteiger partial charge in [0.2, 0.25) is 0 Å². The Morgan fingerprint density at radius 3 is 1.05 bits per heavy atom. The van der Waals surface area contributed by atoms with Crippen molar-refractivity contribution in [3.8, 4) is 0 Å². The third kappa shape index (κ3) is 5.95. The first-order chi connectivity index (χ1) is 10.4. The molecule has 4 nitrogen and oxygen atoms in total. The fourth-order valence-corrected chi connectivity index (χ4v) is 1.86. The lowest BCUT2D eigenvalue weighted by Gasteiger charge is -2.12. The average molecular weight is 304 g/mol. The highest BCUT2D eigenvalue weighted by molar-refractivity contribution is 5.18. The van der Waals surface area contributed by atoms with Crippen molar-refractivity contribution in [3.63, 3.8) is 0 Å².